The average molecular weight is 464 g/mol. The summed E-state index contributed by atoms with van der Waals surface area (Å²) in [6, 6.07) is 12.3. The third-order valence-corrected chi connectivity index (χ3v) is 6.08. The van der Waals surface area contributed by atoms with E-state index in [0.29, 0.717) is 23.8 Å². The van der Waals surface area contributed by atoms with Gasteiger partial charge in [-0.05, 0) is 55.8 Å². The molecule has 2 fully saturated rings. The van der Waals surface area contributed by atoms with Crippen molar-refractivity contribution in [3.05, 3.63) is 72.7 Å². The van der Waals surface area contributed by atoms with Gasteiger partial charge in [0.2, 0.25) is 0 Å². The first kappa shape index (κ1) is 21.2. The maximum absolute atomic E-state index is 13.7. The molecule has 2 saturated heterocycles. The van der Waals surface area contributed by atoms with Gasteiger partial charge in [-0.3, -0.25) is 0 Å². The van der Waals surface area contributed by atoms with Crippen molar-refractivity contribution in [3.8, 4) is 11.1 Å². The van der Waals surface area contributed by atoms with Gasteiger partial charge in [0.05, 0.1) is 12.0 Å². The number of aromatic nitrogens is 3. The second-order valence-electron chi connectivity index (χ2n) is 8.87. The molecule has 34 heavy (non-hydrogen) atoms. The third-order valence-electron chi connectivity index (χ3n) is 6.08. The van der Waals surface area contributed by atoms with Crippen LogP contribution in [0.25, 0.3) is 22.2 Å². The van der Waals surface area contributed by atoms with Gasteiger partial charge in [-0.2, -0.15) is 0 Å². The first-order chi connectivity index (χ1) is 16.4. The van der Waals surface area contributed by atoms with Crippen LogP contribution in [0.5, 0.6) is 0 Å². The molecule has 3 atom stereocenters. The lowest BCUT2D eigenvalue weighted by atomic mass is 10.1. The zero-order valence-electron chi connectivity index (χ0n) is 18.5. The van der Waals surface area contributed by atoms with E-state index in [-0.39, 0.29) is 23.8 Å². The van der Waals surface area contributed by atoms with Crippen LogP contribution in [0.15, 0.2) is 61.1 Å². The normalized spacial score (nSPS) is 23.4. The minimum atomic E-state index is -0.704. The first-order valence-corrected chi connectivity index (χ1v) is 11.0. The number of hydrogen-bond donors (Lipinski definition) is 1. The summed E-state index contributed by atoms with van der Waals surface area (Å²) in [6.45, 7) is 4.16. The second-order valence-corrected chi connectivity index (χ2v) is 8.87. The predicted molar refractivity (Wildman–Crippen MR) is 121 cm³/mol. The summed E-state index contributed by atoms with van der Waals surface area (Å²) < 4.78 is 47.2. The van der Waals surface area contributed by atoms with Crippen LogP contribution in [0, 0.1) is 11.6 Å². The van der Waals surface area contributed by atoms with E-state index in [4.69, 9.17) is 14.2 Å². The van der Waals surface area contributed by atoms with Gasteiger partial charge in [0, 0.05) is 17.4 Å². The molecule has 2 aliphatic rings. The number of halogens is 2. The molecule has 0 saturated carbocycles. The fraction of sp³-hybridized carbons (Fsp3) is 0.280. The molecular weight excluding hydrogens is 442 g/mol. The highest BCUT2D eigenvalue weighted by molar-refractivity contribution is 6.02. The molecule has 4 heterocycles. The van der Waals surface area contributed by atoms with Crippen molar-refractivity contribution in [1.29, 1.82) is 0 Å². The van der Waals surface area contributed by atoms with Gasteiger partial charge in [0.15, 0.2) is 12.0 Å². The molecule has 174 valence electrons. The SMILES string of the molecule is CC1(C)O[C@H]2[C@H](n3cc(-c4ccc(F)cc4)c4c(Nc5ccc(F)cc5)ncnc43)OC[C@H]2O1. The van der Waals surface area contributed by atoms with Gasteiger partial charge < -0.3 is 24.1 Å². The Bertz CT molecular complexity index is 1360. The number of nitrogens with zero attached hydrogens (tertiary/aromatic N) is 3. The highest BCUT2D eigenvalue weighted by Crippen LogP contribution is 2.43. The van der Waals surface area contributed by atoms with E-state index >= 15 is 0 Å². The van der Waals surface area contributed by atoms with E-state index in [9.17, 15) is 8.78 Å². The summed E-state index contributed by atoms with van der Waals surface area (Å²) >= 11 is 0. The fourth-order valence-electron chi connectivity index (χ4n) is 4.65. The Morgan fingerprint density at radius 1 is 0.971 bits per heavy atom. The molecule has 0 amide bonds. The van der Waals surface area contributed by atoms with Gasteiger partial charge in [-0.15, -0.1) is 0 Å². The zero-order chi connectivity index (χ0) is 23.4. The van der Waals surface area contributed by atoms with Crippen LogP contribution < -0.4 is 5.32 Å². The lowest BCUT2D eigenvalue weighted by Gasteiger charge is -2.23. The van der Waals surface area contributed by atoms with Crippen molar-refractivity contribution >= 4 is 22.5 Å². The summed E-state index contributed by atoms with van der Waals surface area (Å²) in [5, 5.41) is 3.98. The molecule has 2 aromatic heterocycles. The maximum Gasteiger partial charge on any atom is 0.164 e. The number of anilines is 2. The van der Waals surface area contributed by atoms with Crippen LogP contribution in [0.2, 0.25) is 0 Å². The molecule has 2 aliphatic heterocycles. The lowest BCUT2D eigenvalue weighted by molar-refractivity contribution is -0.183. The van der Waals surface area contributed by atoms with Crippen molar-refractivity contribution in [2.45, 2.75) is 38.1 Å². The molecular formula is C25H22F2N4O3. The Morgan fingerprint density at radius 3 is 2.41 bits per heavy atom. The Kier molecular flexibility index (Phi) is 4.87. The summed E-state index contributed by atoms with van der Waals surface area (Å²) in [7, 11) is 0. The van der Waals surface area contributed by atoms with E-state index in [1.807, 2.05) is 24.6 Å². The Morgan fingerprint density at radius 2 is 1.68 bits per heavy atom. The van der Waals surface area contributed by atoms with Crippen molar-refractivity contribution in [1.82, 2.24) is 14.5 Å². The van der Waals surface area contributed by atoms with Crippen LogP contribution in [-0.4, -0.2) is 39.1 Å². The van der Waals surface area contributed by atoms with Crippen molar-refractivity contribution < 1.29 is 23.0 Å². The zero-order valence-corrected chi connectivity index (χ0v) is 18.5. The van der Waals surface area contributed by atoms with Crippen molar-refractivity contribution in [3.63, 3.8) is 0 Å². The molecule has 9 heteroatoms. The molecule has 7 nitrogen and oxygen atoms in total. The van der Waals surface area contributed by atoms with E-state index in [0.717, 1.165) is 16.5 Å². The Hall–Kier alpha value is -3.40. The molecule has 1 N–H and O–H groups in total. The number of benzene rings is 2. The van der Waals surface area contributed by atoms with Gasteiger partial charge in [0.1, 0.15) is 41.6 Å². The number of ether oxygens (including phenoxy) is 3. The van der Waals surface area contributed by atoms with Gasteiger partial charge >= 0.3 is 0 Å². The number of fused-ring (bicyclic) bond motifs is 2. The highest BCUT2D eigenvalue weighted by atomic mass is 19.1. The van der Waals surface area contributed by atoms with Crippen molar-refractivity contribution in [2.75, 3.05) is 11.9 Å². The number of nitrogens with one attached hydrogen (secondary N) is 1. The summed E-state index contributed by atoms with van der Waals surface area (Å²) in [5.41, 5.74) is 2.88. The van der Waals surface area contributed by atoms with Gasteiger partial charge in [0.25, 0.3) is 0 Å². The van der Waals surface area contributed by atoms with Crippen LogP contribution in [0.1, 0.15) is 20.1 Å². The van der Waals surface area contributed by atoms with E-state index < -0.39 is 12.0 Å². The standard InChI is InChI=1S/C25H22F2N4O3/c1-25(2)33-19-12-32-24(21(19)34-25)31-11-18(14-3-5-15(26)6-4-14)20-22(28-13-29-23(20)31)30-17-9-7-16(27)8-10-17/h3-11,13,19,21,24H,12H2,1-2H3,(H,28,29,30)/t19-,21-,24-/m1/s1. The monoisotopic (exact) mass is 464 g/mol. The third kappa shape index (κ3) is 3.62. The molecule has 6 rings (SSSR count). The minimum absolute atomic E-state index is 0.189. The minimum Gasteiger partial charge on any atom is -0.352 e. The van der Waals surface area contributed by atoms with Crippen LogP contribution in [0.4, 0.5) is 20.3 Å². The molecule has 0 unspecified atom stereocenters. The lowest BCUT2D eigenvalue weighted by Crippen LogP contribution is -2.27. The average Bonchev–Trinajstić information content (AvgIpc) is 3.46. The van der Waals surface area contributed by atoms with Crippen LogP contribution in [-0.2, 0) is 14.2 Å². The van der Waals surface area contributed by atoms with E-state index in [2.05, 4.69) is 15.3 Å². The van der Waals surface area contributed by atoms with Crippen LogP contribution >= 0.6 is 0 Å². The van der Waals surface area contributed by atoms with Gasteiger partial charge in [-0.25, -0.2) is 18.7 Å². The van der Waals surface area contributed by atoms with E-state index in [1.54, 1.807) is 24.3 Å². The van der Waals surface area contributed by atoms with E-state index in [1.165, 1.54) is 30.6 Å². The largest absolute Gasteiger partial charge is 0.352 e. The summed E-state index contributed by atoms with van der Waals surface area (Å²) in [5.74, 6) is -0.821. The Balaban J connectivity index is 1.50. The Labute approximate surface area is 194 Å². The smallest absolute Gasteiger partial charge is 0.164 e. The summed E-state index contributed by atoms with van der Waals surface area (Å²) in [4.78, 5) is 9.02. The maximum atomic E-state index is 13.7. The molecule has 4 aromatic rings. The topological polar surface area (TPSA) is 70.4 Å². The van der Waals surface area contributed by atoms with Crippen LogP contribution in [0.3, 0.4) is 0 Å². The summed E-state index contributed by atoms with van der Waals surface area (Å²) in [6.07, 6.45) is 2.42. The highest BCUT2D eigenvalue weighted by Gasteiger charge is 2.51. The first-order valence-electron chi connectivity index (χ1n) is 11.0. The molecule has 0 aliphatic carbocycles. The molecule has 0 bridgehead atoms. The predicted octanol–water partition coefficient (Wildman–Crippen LogP) is 5.17. The fourth-order valence-corrected chi connectivity index (χ4v) is 4.65. The van der Waals surface area contributed by atoms with Gasteiger partial charge in [-0.1, -0.05) is 12.1 Å². The quantitative estimate of drug-likeness (QED) is 0.449. The van der Waals surface area contributed by atoms with Crippen molar-refractivity contribution in [2.24, 2.45) is 0 Å². The number of rotatable bonds is 4. The molecule has 0 radical (unpaired) electrons. The second kappa shape index (κ2) is 7.83. The molecule has 2 aromatic carbocycles. The number of hydrogen-bond acceptors (Lipinski definition) is 6. The molecule has 0 spiro atoms.